The standard InChI is InChI=1S/C20H16ClFN4O3S/c21-15-3-1-14(2-4-15)19-24-18(13-23)20(29-19)30(27,28)26-11-9-25(10-12-26)17-7-5-16(22)6-8-17/h1-8H,9-12H2. The van der Waals surface area contributed by atoms with Crippen LogP contribution in [0.5, 0.6) is 0 Å². The summed E-state index contributed by atoms with van der Waals surface area (Å²) in [6.07, 6.45) is 0. The number of aromatic nitrogens is 1. The Balaban J connectivity index is 1.56. The fraction of sp³-hybridized carbons (Fsp3) is 0.200. The molecule has 2 heterocycles. The minimum absolute atomic E-state index is 0.0340. The van der Waals surface area contributed by atoms with Gasteiger partial charge in [-0.3, -0.25) is 0 Å². The largest absolute Gasteiger partial charge is 0.422 e. The van der Waals surface area contributed by atoms with E-state index < -0.39 is 15.1 Å². The number of nitrogens with zero attached hydrogens (tertiary/aromatic N) is 4. The quantitative estimate of drug-likeness (QED) is 0.609. The van der Waals surface area contributed by atoms with Crippen LogP contribution < -0.4 is 4.90 Å². The fourth-order valence-electron chi connectivity index (χ4n) is 3.22. The zero-order valence-electron chi connectivity index (χ0n) is 15.6. The van der Waals surface area contributed by atoms with Crippen molar-refractivity contribution < 1.29 is 17.2 Å². The van der Waals surface area contributed by atoms with Crippen molar-refractivity contribution in [1.82, 2.24) is 9.29 Å². The molecule has 2 aromatic carbocycles. The second-order valence-corrected chi connectivity index (χ2v) is 8.92. The van der Waals surface area contributed by atoms with E-state index in [0.717, 1.165) is 5.69 Å². The summed E-state index contributed by atoms with van der Waals surface area (Å²) >= 11 is 5.87. The summed E-state index contributed by atoms with van der Waals surface area (Å²) in [7, 11) is -4.04. The molecule has 1 aliphatic rings. The number of benzene rings is 2. The zero-order valence-corrected chi connectivity index (χ0v) is 17.2. The van der Waals surface area contributed by atoms with E-state index in [-0.39, 0.29) is 30.5 Å². The maximum absolute atomic E-state index is 13.1. The van der Waals surface area contributed by atoms with E-state index >= 15 is 0 Å². The summed E-state index contributed by atoms with van der Waals surface area (Å²) in [6.45, 7) is 1.24. The molecular weight excluding hydrogens is 431 g/mol. The molecular formula is C20H16ClFN4O3S. The normalized spacial score (nSPS) is 15.2. The third kappa shape index (κ3) is 3.89. The number of piperazine rings is 1. The molecule has 0 aliphatic carbocycles. The van der Waals surface area contributed by atoms with Crippen LogP contribution in [0.4, 0.5) is 10.1 Å². The van der Waals surface area contributed by atoms with Crippen molar-refractivity contribution in [3.63, 3.8) is 0 Å². The van der Waals surface area contributed by atoms with Crippen molar-refractivity contribution in [2.75, 3.05) is 31.1 Å². The highest BCUT2D eigenvalue weighted by molar-refractivity contribution is 7.89. The van der Waals surface area contributed by atoms with Crippen LogP contribution in [-0.4, -0.2) is 43.9 Å². The highest BCUT2D eigenvalue weighted by Crippen LogP contribution is 2.29. The molecule has 0 bridgehead atoms. The lowest BCUT2D eigenvalue weighted by Crippen LogP contribution is -2.48. The van der Waals surface area contributed by atoms with Crippen LogP contribution >= 0.6 is 11.6 Å². The number of rotatable bonds is 4. The lowest BCUT2D eigenvalue weighted by Gasteiger charge is -2.34. The van der Waals surface area contributed by atoms with Crippen LogP contribution in [0.2, 0.25) is 5.02 Å². The van der Waals surface area contributed by atoms with Crippen LogP contribution in [0.1, 0.15) is 5.69 Å². The van der Waals surface area contributed by atoms with Crippen molar-refractivity contribution in [2.24, 2.45) is 0 Å². The molecule has 0 amide bonds. The molecule has 4 rings (SSSR count). The van der Waals surface area contributed by atoms with E-state index in [4.69, 9.17) is 16.0 Å². The van der Waals surface area contributed by atoms with E-state index in [9.17, 15) is 18.1 Å². The van der Waals surface area contributed by atoms with Crippen LogP contribution in [-0.2, 0) is 10.0 Å². The van der Waals surface area contributed by atoms with Crippen molar-refractivity contribution in [2.45, 2.75) is 5.09 Å². The number of oxazole rings is 1. The number of halogens is 2. The van der Waals surface area contributed by atoms with Crippen molar-refractivity contribution in [3.8, 4) is 17.5 Å². The molecule has 0 saturated carbocycles. The Kier molecular flexibility index (Phi) is 5.47. The van der Waals surface area contributed by atoms with Gasteiger partial charge in [0.1, 0.15) is 11.9 Å². The molecule has 1 saturated heterocycles. The summed E-state index contributed by atoms with van der Waals surface area (Å²) in [4.78, 5) is 6.01. The van der Waals surface area contributed by atoms with Gasteiger partial charge >= 0.3 is 0 Å². The third-order valence-corrected chi connectivity index (χ3v) is 6.84. The molecule has 0 atom stereocenters. The molecule has 3 aromatic rings. The highest BCUT2D eigenvalue weighted by Gasteiger charge is 2.35. The molecule has 1 aliphatic heterocycles. The second-order valence-electron chi connectivity index (χ2n) is 6.64. The second kappa shape index (κ2) is 8.07. The van der Waals surface area contributed by atoms with Gasteiger partial charge in [-0.15, -0.1) is 0 Å². The summed E-state index contributed by atoms with van der Waals surface area (Å²) in [5.41, 5.74) is 1.04. The Labute approximate surface area is 178 Å². The van der Waals surface area contributed by atoms with Gasteiger partial charge in [0.25, 0.3) is 15.1 Å². The van der Waals surface area contributed by atoms with E-state index in [2.05, 4.69) is 4.98 Å². The maximum atomic E-state index is 13.1. The zero-order chi connectivity index (χ0) is 21.3. The van der Waals surface area contributed by atoms with Gasteiger partial charge in [-0.1, -0.05) is 11.6 Å². The van der Waals surface area contributed by atoms with Gasteiger partial charge in [0.2, 0.25) is 5.89 Å². The first-order valence-electron chi connectivity index (χ1n) is 9.06. The molecule has 0 N–H and O–H groups in total. The fourth-order valence-corrected chi connectivity index (χ4v) is 4.75. The van der Waals surface area contributed by atoms with Gasteiger partial charge in [-0.25, -0.2) is 12.8 Å². The minimum atomic E-state index is -4.04. The molecule has 1 aromatic heterocycles. The first-order chi connectivity index (χ1) is 14.4. The van der Waals surface area contributed by atoms with Crippen LogP contribution in [0.3, 0.4) is 0 Å². The SMILES string of the molecule is N#Cc1nc(-c2ccc(Cl)cc2)oc1S(=O)(=O)N1CCN(c2ccc(F)cc2)CC1. The lowest BCUT2D eigenvalue weighted by atomic mass is 10.2. The average molecular weight is 447 g/mol. The lowest BCUT2D eigenvalue weighted by molar-refractivity contribution is 0.363. The maximum Gasteiger partial charge on any atom is 0.279 e. The van der Waals surface area contributed by atoms with E-state index in [0.29, 0.717) is 23.7 Å². The number of hydrogen-bond acceptors (Lipinski definition) is 6. The smallest absolute Gasteiger partial charge is 0.279 e. The predicted molar refractivity (Wildman–Crippen MR) is 109 cm³/mol. The molecule has 0 radical (unpaired) electrons. The Hall–Kier alpha value is -2.93. The number of sulfonamides is 1. The van der Waals surface area contributed by atoms with Gasteiger partial charge < -0.3 is 9.32 Å². The van der Waals surface area contributed by atoms with Crippen molar-refractivity contribution >= 4 is 27.3 Å². The summed E-state index contributed by atoms with van der Waals surface area (Å²) in [5, 5.41) is 9.43. The van der Waals surface area contributed by atoms with Crippen molar-refractivity contribution in [1.29, 1.82) is 5.26 Å². The van der Waals surface area contributed by atoms with Crippen LogP contribution in [0.15, 0.2) is 58.0 Å². The Bertz CT molecular complexity index is 1200. The topological polar surface area (TPSA) is 90.4 Å². The molecule has 0 unspecified atom stereocenters. The van der Waals surface area contributed by atoms with Crippen LogP contribution in [0.25, 0.3) is 11.5 Å². The van der Waals surface area contributed by atoms with E-state index in [1.165, 1.54) is 16.4 Å². The summed E-state index contributed by atoms with van der Waals surface area (Å²) < 4.78 is 46.1. The average Bonchev–Trinajstić information content (AvgIpc) is 3.20. The molecule has 7 nitrogen and oxygen atoms in total. The van der Waals surface area contributed by atoms with Gasteiger partial charge in [0.05, 0.1) is 0 Å². The molecule has 0 spiro atoms. The molecule has 154 valence electrons. The Morgan fingerprint density at radius 2 is 1.67 bits per heavy atom. The molecule has 30 heavy (non-hydrogen) atoms. The number of anilines is 1. The molecule has 1 fully saturated rings. The Morgan fingerprint density at radius 1 is 1.03 bits per heavy atom. The predicted octanol–water partition coefficient (Wildman–Crippen LogP) is 3.52. The van der Waals surface area contributed by atoms with Gasteiger partial charge in [0, 0.05) is 42.5 Å². The minimum Gasteiger partial charge on any atom is -0.422 e. The van der Waals surface area contributed by atoms with E-state index in [1.807, 2.05) is 4.90 Å². The molecule has 10 heteroatoms. The number of nitriles is 1. The van der Waals surface area contributed by atoms with Crippen molar-refractivity contribution in [3.05, 3.63) is 65.1 Å². The van der Waals surface area contributed by atoms with E-state index in [1.54, 1.807) is 42.5 Å². The first-order valence-corrected chi connectivity index (χ1v) is 10.9. The number of hydrogen-bond donors (Lipinski definition) is 0. The van der Waals surface area contributed by atoms with Gasteiger partial charge in [-0.05, 0) is 48.5 Å². The third-order valence-electron chi connectivity index (χ3n) is 4.80. The monoisotopic (exact) mass is 446 g/mol. The first kappa shape index (κ1) is 20.3. The summed E-state index contributed by atoms with van der Waals surface area (Å²) in [5.74, 6) is -0.294. The van der Waals surface area contributed by atoms with Crippen LogP contribution in [0, 0.1) is 17.1 Å². The van der Waals surface area contributed by atoms with Gasteiger partial charge in [0.15, 0.2) is 5.69 Å². The Morgan fingerprint density at radius 3 is 2.27 bits per heavy atom. The highest BCUT2D eigenvalue weighted by atomic mass is 35.5. The summed E-state index contributed by atoms with van der Waals surface area (Å²) in [6, 6.07) is 14.3. The van der Waals surface area contributed by atoms with Gasteiger partial charge in [-0.2, -0.15) is 14.6 Å².